The average molecular weight is 541 g/mol. The van der Waals surface area contributed by atoms with Crippen molar-refractivity contribution in [2.24, 2.45) is 28.6 Å². The summed E-state index contributed by atoms with van der Waals surface area (Å²) in [5, 5.41) is 23.0. The number of halogens is 2. The second-order valence-corrected chi connectivity index (χ2v) is 12.2. The van der Waals surface area contributed by atoms with E-state index in [9.17, 15) is 14.7 Å². The van der Waals surface area contributed by atoms with E-state index >= 15 is 4.39 Å². The van der Waals surface area contributed by atoms with Crippen LogP contribution in [0.1, 0.15) is 39.5 Å². The first-order valence-electron chi connectivity index (χ1n) is 13.1. The number of carbonyl (C=O) groups excluding carboxylic acids is 2. The highest BCUT2D eigenvalue weighted by Crippen LogP contribution is 2.72. The topological polar surface area (TPSA) is 99.9 Å². The maximum Gasteiger partial charge on any atom is 0.343 e. The third kappa shape index (κ3) is 3.07. The average Bonchev–Trinajstić information content (AvgIpc) is 3.38. The van der Waals surface area contributed by atoms with E-state index in [0.29, 0.717) is 42.1 Å². The molecule has 9 heteroatoms. The Hall–Kier alpha value is -2.73. The van der Waals surface area contributed by atoms with Gasteiger partial charge in [-0.2, -0.15) is 5.26 Å². The van der Waals surface area contributed by atoms with Crippen LogP contribution in [0, 0.1) is 39.9 Å². The van der Waals surface area contributed by atoms with Crippen LogP contribution >= 0.6 is 11.6 Å². The van der Waals surface area contributed by atoms with Crippen molar-refractivity contribution < 1.29 is 28.7 Å². The van der Waals surface area contributed by atoms with Gasteiger partial charge in [0.1, 0.15) is 6.07 Å². The van der Waals surface area contributed by atoms with Crippen molar-refractivity contribution in [3.05, 3.63) is 53.1 Å². The third-order valence-electron chi connectivity index (χ3n) is 10.3. The van der Waals surface area contributed by atoms with Crippen LogP contribution in [-0.2, 0) is 19.2 Å². The lowest BCUT2D eigenvalue weighted by Crippen LogP contribution is -2.69. The fourth-order valence-electron chi connectivity index (χ4n) is 8.56. The second-order valence-electron chi connectivity index (χ2n) is 11.8. The minimum Gasteiger partial charge on any atom is -0.448 e. The molecule has 0 radical (unpaired) electrons. The Morgan fingerprint density at radius 2 is 2.05 bits per heavy atom. The molecule has 0 aromatic heterocycles. The van der Waals surface area contributed by atoms with Gasteiger partial charge >= 0.3 is 5.97 Å². The van der Waals surface area contributed by atoms with Gasteiger partial charge in [-0.15, -0.1) is 0 Å². The molecule has 0 spiro atoms. The molecule has 4 fully saturated rings. The van der Waals surface area contributed by atoms with Gasteiger partial charge in [-0.1, -0.05) is 30.2 Å². The largest absolute Gasteiger partial charge is 0.448 e. The number of benzene rings is 1. The zero-order valence-electron chi connectivity index (χ0n) is 21.3. The van der Waals surface area contributed by atoms with Crippen molar-refractivity contribution in [1.82, 2.24) is 0 Å². The fraction of sp³-hybridized carbons (Fsp3) is 0.552. The van der Waals surface area contributed by atoms with Gasteiger partial charge < -0.3 is 9.84 Å². The van der Waals surface area contributed by atoms with Crippen LogP contribution in [0.5, 0.6) is 0 Å². The minimum absolute atomic E-state index is 0.0259. The standard InChI is InChI=1S/C29H30ClFN2O5/c1-26-10-9-21(34)13-17(26)3-8-22-23-14-18-16-33(20-6-4-19(30)5-7-20)38-29(18,25(36)37-12-11-32)27(23,2)15-24(35)28(22,26)31/h4-7,9-10,13,18,22-24,35H,3,8,12,14-16H2,1-2H3/t18-,22-,23-,24-,26-,27-,28-,29-/m0/s1. The molecule has 8 atom stereocenters. The van der Waals surface area contributed by atoms with Crippen molar-refractivity contribution in [3.63, 3.8) is 0 Å². The van der Waals surface area contributed by atoms with Crippen LogP contribution in [0.3, 0.4) is 0 Å². The molecule has 1 aromatic carbocycles. The van der Waals surface area contributed by atoms with E-state index in [2.05, 4.69) is 0 Å². The lowest BCUT2D eigenvalue weighted by molar-refractivity contribution is -0.231. The van der Waals surface area contributed by atoms with E-state index < -0.39 is 46.7 Å². The molecular formula is C29H30ClFN2O5. The molecule has 6 rings (SSSR count). The third-order valence-corrected chi connectivity index (χ3v) is 10.6. The fourth-order valence-corrected chi connectivity index (χ4v) is 8.69. The first kappa shape index (κ1) is 25.5. The summed E-state index contributed by atoms with van der Waals surface area (Å²) in [6.07, 6.45) is 4.58. The summed E-state index contributed by atoms with van der Waals surface area (Å²) >= 11 is 6.07. The van der Waals surface area contributed by atoms with E-state index in [1.54, 1.807) is 42.3 Å². The van der Waals surface area contributed by atoms with Gasteiger partial charge in [0.05, 0.1) is 18.3 Å². The second kappa shape index (κ2) is 8.38. The van der Waals surface area contributed by atoms with Crippen molar-refractivity contribution in [3.8, 4) is 6.07 Å². The van der Waals surface area contributed by atoms with Crippen molar-refractivity contribution >= 4 is 29.0 Å². The first-order chi connectivity index (χ1) is 18.0. The molecule has 7 nitrogen and oxygen atoms in total. The Morgan fingerprint density at radius 3 is 2.76 bits per heavy atom. The smallest absolute Gasteiger partial charge is 0.343 e. The highest BCUT2D eigenvalue weighted by Gasteiger charge is 2.79. The number of carbonyl (C=O) groups is 2. The maximum atomic E-state index is 17.5. The van der Waals surface area contributed by atoms with Gasteiger partial charge in [0.2, 0.25) is 5.60 Å². The van der Waals surface area contributed by atoms with Crippen LogP contribution in [0.15, 0.2) is 48.1 Å². The molecule has 4 aliphatic carbocycles. The summed E-state index contributed by atoms with van der Waals surface area (Å²) < 4.78 is 22.9. The van der Waals surface area contributed by atoms with Crippen LogP contribution in [0.4, 0.5) is 10.1 Å². The number of esters is 1. The number of aliphatic hydroxyl groups is 1. The number of alkyl halides is 1. The number of anilines is 1. The zero-order valence-corrected chi connectivity index (χ0v) is 22.1. The van der Waals surface area contributed by atoms with Crippen LogP contribution in [0.2, 0.25) is 5.02 Å². The van der Waals surface area contributed by atoms with E-state index in [0.717, 1.165) is 0 Å². The molecule has 200 valence electrons. The Balaban J connectivity index is 1.43. The summed E-state index contributed by atoms with van der Waals surface area (Å²) in [5.74, 6) is -2.01. The monoisotopic (exact) mass is 540 g/mol. The van der Waals surface area contributed by atoms with Crippen LogP contribution in [0.25, 0.3) is 0 Å². The molecule has 1 heterocycles. The lowest BCUT2D eigenvalue weighted by Gasteiger charge is -2.62. The number of hydroxylamine groups is 1. The molecule has 38 heavy (non-hydrogen) atoms. The minimum atomic E-state index is -2.01. The van der Waals surface area contributed by atoms with Gasteiger partial charge in [0, 0.05) is 27.7 Å². The van der Waals surface area contributed by atoms with Gasteiger partial charge in [0.25, 0.3) is 0 Å². The number of allylic oxidation sites excluding steroid dienone is 4. The molecule has 0 amide bonds. The Kier molecular flexibility index (Phi) is 5.63. The Labute approximate surface area is 225 Å². The van der Waals surface area contributed by atoms with Crippen molar-refractivity contribution in [2.45, 2.75) is 56.9 Å². The number of hydrogen-bond acceptors (Lipinski definition) is 7. The molecule has 3 saturated carbocycles. The number of hydrogen-bond donors (Lipinski definition) is 1. The summed E-state index contributed by atoms with van der Waals surface area (Å²) in [6, 6.07) is 8.92. The van der Waals surface area contributed by atoms with Crippen molar-refractivity contribution in [1.29, 1.82) is 5.26 Å². The number of nitrogens with zero attached hydrogens (tertiary/aromatic N) is 2. The van der Waals surface area contributed by atoms with E-state index in [1.165, 1.54) is 12.2 Å². The predicted molar refractivity (Wildman–Crippen MR) is 136 cm³/mol. The number of ether oxygens (including phenoxy) is 1. The normalized spacial score (nSPS) is 42.9. The Morgan fingerprint density at radius 1 is 1.32 bits per heavy atom. The van der Waals surface area contributed by atoms with Gasteiger partial charge in [-0.05, 0) is 74.9 Å². The zero-order chi connectivity index (χ0) is 27.1. The summed E-state index contributed by atoms with van der Waals surface area (Å²) in [5.41, 5.74) is -4.16. The van der Waals surface area contributed by atoms with Gasteiger partial charge in [-0.3, -0.25) is 14.7 Å². The highest BCUT2D eigenvalue weighted by molar-refractivity contribution is 6.30. The summed E-state index contributed by atoms with van der Waals surface area (Å²) in [7, 11) is 0. The molecule has 1 N–H and O–H groups in total. The predicted octanol–water partition coefficient (Wildman–Crippen LogP) is 4.49. The molecule has 0 unspecified atom stereocenters. The summed E-state index contributed by atoms with van der Waals surface area (Å²) in [4.78, 5) is 32.4. The Bertz CT molecular complexity index is 1310. The van der Waals surface area contributed by atoms with Gasteiger partial charge in [0.15, 0.2) is 18.1 Å². The maximum absolute atomic E-state index is 17.5. The van der Waals surface area contributed by atoms with Crippen LogP contribution in [-0.4, -0.2) is 47.4 Å². The number of nitriles is 1. The number of fused-ring (bicyclic) bond motifs is 7. The van der Waals surface area contributed by atoms with Crippen molar-refractivity contribution in [2.75, 3.05) is 18.2 Å². The highest BCUT2D eigenvalue weighted by atomic mass is 35.5. The number of aliphatic hydroxyl groups excluding tert-OH is 1. The SMILES string of the molecule is C[C@]12C=CC(=O)C=C1CC[C@H]1[C@@H]3C[C@H]4CN(c5ccc(Cl)cc5)O[C@@]4(C(=O)OCC#N)[C@@]3(C)C[C@H](O)[C@@]12F. The van der Waals surface area contributed by atoms with E-state index in [4.69, 9.17) is 26.4 Å². The molecule has 1 aliphatic heterocycles. The van der Waals surface area contributed by atoms with Crippen LogP contribution < -0.4 is 5.06 Å². The number of rotatable bonds is 3. The molecular weight excluding hydrogens is 511 g/mol. The molecule has 0 bridgehead atoms. The van der Waals surface area contributed by atoms with E-state index in [1.807, 2.05) is 13.0 Å². The van der Waals surface area contributed by atoms with Gasteiger partial charge in [-0.25, -0.2) is 9.18 Å². The molecule has 1 aromatic rings. The summed E-state index contributed by atoms with van der Waals surface area (Å²) in [6.45, 7) is 3.61. The lowest BCUT2D eigenvalue weighted by atomic mass is 9.45. The van der Waals surface area contributed by atoms with E-state index in [-0.39, 0.29) is 24.0 Å². The quantitative estimate of drug-likeness (QED) is 0.564. The first-order valence-corrected chi connectivity index (χ1v) is 13.5. The molecule has 1 saturated heterocycles. The number of ketones is 1. The molecule has 5 aliphatic rings.